The Hall–Kier alpha value is -5.93. The minimum Gasteiger partial charge on any atom is -0.372 e. The Morgan fingerprint density at radius 3 is 2.46 bits per heavy atom. The zero-order chi connectivity index (χ0) is 48.4. The number of rotatable bonds is 13. The highest BCUT2D eigenvalue weighted by Gasteiger charge is 2.44. The van der Waals surface area contributed by atoms with Crippen LogP contribution in [0.1, 0.15) is 110 Å². The number of benzene rings is 2. The van der Waals surface area contributed by atoms with Gasteiger partial charge in [-0.25, -0.2) is 4.98 Å². The molecule has 0 bridgehead atoms. The van der Waals surface area contributed by atoms with Crippen LogP contribution < -0.4 is 10.6 Å². The average Bonchev–Trinajstić information content (AvgIpc) is 4.15. The van der Waals surface area contributed by atoms with Gasteiger partial charge in [-0.2, -0.15) is 5.10 Å². The third-order valence-electron chi connectivity index (χ3n) is 12.2. The van der Waals surface area contributed by atoms with Crippen molar-refractivity contribution >= 4 is 65.6 Å². The fourth-order valence-corrected chi connectivity index (χ4v) is 10.7. The van der Waals surface area contributed by atoms with Crippen molar-refractivity contribution in [3.63, 3.8) is 0 Å². The maximum atomic E-state index is 14.2. The van der Waals surface area contributed by atoms with Gasteiger partial charge in [-0.1, -0.05) is 86.4 Å². The predicted octanol–water partition coefficient (Wildman–Crippen LogP) is 7.91. The molecule has 68 heavy (non-hydrogen) atoms. The van der Waals surface area contributed by atoms with Crippen LogP contribution in [-0.4, -0.2) is 97.6 Å². The fourth-order valence-electron chi connectivity index (χ4n) is 8.54. The standard InChI is InChI=1S/C50H54BClN10O4S2/c1-28-40(68-49-42(28)43(35-15-17-38(52)18-16-35)55-31(4)46-59-58-32(5)62(46)49)19-10-33-23-54-60(24-33)20-9-21-66-26-41(63)57-45(50(6,7)8)48(65)61-25-37(51)22-39(61)47(64)56-29(2)34-11-13-36(14-12-34)44-30(3)53-27-67-44/h11-18,23-24,27,29,31,37,39,45H,9,20-22,25-26H2,1-8H3,(H,56,64)(H,57,63)/t29-,31-,37?,39-,45+/m0/s1. The molecule has 6 heterocycles. The summed E-state index contributed by atoms with van der Waals surface area (Å²) in [6.07, 6.45) is 4.52. The van der Waals surface area contributed by atoms with Crippen LogP contribution in [0.15, 0.2) is 71.4 Å². The molecule has 3 amide bonds. The summed E-state index contributed by atoms with van der Waals surface area (Å²) >= 11 is 9.42. The van der Waals surface area contributed by atoms with E-state index in [0.717, 1.165) is 71.2 Å². The van der Waals surface area contributed by atoms with Crippen LogP contribution in [0, 0.1) is 38.0 Å². The normalized spacial score (nSPS) is 17.6. The van der Waals surface area contributed by atoms with Crippen LogP contribution in [0.3, 0.4) is 0 Å². The number of carbonyl (C=O) groups is 3. The van der Waals surface area contributed by atoms with Gasteiger partial charge in [0.2, 0.25) is 17.7 Å². The molecule has 2 aliphatic rings. The number of thiazole rings is 1. The molecule has 5 atom stereocenters. The summed E-state index contributed by atoms with van der Waals surface area (Å²) in [6, 6.07) is 13.5. The van der Waals surface area contributed by atoms with E-state index in [1.54, 1.807) is 33.6 Å². The third-order valence-corrected chi connectivity index (χ3v) is 14.6. The first-order valence-corrected chi connectivity index (χ1v) is 24.7. The summed E-state index contributed by atoms with van der Waals surface area (Å²) in [5.74, 6) is 6.78. The number of ether oxygens (including phenoxy) is 1. The molecule has 2 aromatic carbocycles. The van der Waals surface area contributed by atoms with Crippen molar-refractivity contribution in [2.24, 2.45) is 10.4 Å². The maximum absolute atomic E-state index is 14.2. The molecule has 1 unspecified atom stereocenters. The SMILES string of the molecule is [B]C1C[C@@H](C(=O)N[C@@H](C)c2ccc(-c3scnc3C)cc2)N(C(=O)[C@@H](NC(=O)COCCCn2cc(C#Cc3sc4c(c3C)C(c3ccc(Cl)cc3)=N[C@@H](C)c3nnc(C)n3-4)cn2)C(C)(C)C)C1. The van der Waals surface area contributed by atoms with Gasteiger partial charge >= 0.3 is 0 Å². The monoisotopic (exact) mass is 968 g/mol. The van der Waals surface area contributed by atoms with E-state index in [-0.39, 0.29) is 49.5 Å². The van der Waals surface area contributed by atoms with Crippen LogP contribution in [-0.2, 0) is 25.7 Å². The van der Waals surface area contributed by atoms with Crippen LogP contribution >= 0.6 is 34.3 Å². The number of hydrogen-bond donors (Lipinski definition) is 2. The van der Waals surface area contributed by atoms with Crippen molar-refractivity contribution in [1.29, 1.82) is 0 Å². The second-order valence-corrected chi connectivity index (χ2v) is 20.8. The predicted molar refractivity (Wildman–Crippen MR) is 268 cm³/mol. The highest BCUT2D eigenvalue weighted by molar-refractivity contribution is 7.15. The lowest BCUT2D eigenvalue weighted by atomic mass is 9.85. The third kappa shape index (κ3) is 10.5. The minimum absolute atomic E-state index is 0.203. The van der Waals surface area contributed by atoms with E-state index in [9.17, 15) is 14.4 Å². The second kappa shape index (κ2) is 20.3. The van der Waals surface area contributed by atoms with Crippen molar-refractivity contribution in [3.8, 4) is 27.3 Å². The van der Waals surface area contributed by atoms with Crippen LogP contribution in [0.2, 0.25) is 10.8 Å². The summed E-state index contributed by atoms with van der Waals surface area (Å²) in [7, 11) is 6.36. The molecule has 0 aliphatic carbocycles. The molecule has 2 radical (unpaired) electrons. The van der Waals surface area contributed by atoms with Crippen molar-refractivity contribution in [3.05, 3.63) is 121 Å². The number of aromatic nitrogens is 6. The van der Waals surface area contributed by atoms with Gasteiger partial charge in [0.05, 0.1) is 52.3 Å². The number of carbonyl (C=O) groups excluding carboxylic acids is 3. The van der Waals surface area contributed by atoms with E-state index in [1.165, 1.54) is 4.90 Å². The number of amides is 3. The van der Waals surface area contributed by atoms with Gasteiger partial charge < -0.3 is 20.3 Å². The van der Waals surface area contributed by atoms with Gasteiger partial charge in [-0.15, -0.1) is 32.9 Å². The average molecular weight is 969 g/mol. The molecule has 0 spiro atoms. The number of nitrogens with one attached hydrogen (secondary N) is 2. The van der Waals surface area contributed by atoms with E-state index in [4.69, 9.17) is 29.2 Å². The van der Waals surface area contributed by atoms with Crippen molar-refractivity contribution < 1.29 is 19.1 Å². The Morgan fingerprint density at radius 1 is 1.01 bits per heavy atom. The minimum atomic E-state index is -0.914. The molecule has 14 nitrogen and oxygen atoms in total. The summed E-state index contributed by atoms with van der Waals surface area (Å²) in [4.78, 5) is 54.2. The number of nitrogens with zero attached hydrogens (tertiary/aromatic N) is 8. The van der Waals surface area contributed by atoms with Gasteiger partial charge in [0.1, 0.15) is 35.6 Å². The van der Waals surface area contributed by atoms with E-state index in [0.29, 0.717) is 24.4 Å². The zero-order valence-electron chi connectivity index (χ0n) is 39.5. The highest BCUT2D eigenvalue weighted by Crippen LogP contribution is 2.39. The largest absolute Gasteiger partial charge is 0.372 e. The number of halogens is 1. The van der Waals surface area contributed by atoms with Crippen molar-refractivity contribution in [1.82, 2.24) is 45.1 Å². The quantitative estimate of drug-likeness (QED) is 0.0671. The Labute approximate surface area is 411 Å². The van der Waals surface area contributed by atoms with Gasteiger partial charge in [-0.05, 0) is 81.7 Å². The van der Waals surface area contributed by atoms with Crippen LogP contribution in [0.4, 0.5) is 0 Å². The number of likely N-dealkylation sites (tertiary alicyclic amines) is 1. The van der Waals surface area contributed by atoms with E-state index >= 15 is 0 Å². The summed E-state index contributed by atoms with van der Waals surface area (Å²) in [6.45, 7) is 16.4. The second-order valence-electron chi connectivity index (χ2n) is 18.5. The van der Waals surface area contributed by atoms with Crippen molar-refractivity contribution in [2.45, 2.75) is 105 Å². The fraction of sp³-hybridized carbons (Fsp3) is 0.400. The molecular weight excluding hydrogens is 915 g/mol. The zero-order valence-corrected chi connectivity index (χ0v) is 41.9. The molecule has 0 saturated carbocycles. The Morgan fingerprint density at radius 2 is 1.75 bits per heavy atom. The number of hydrogen-bond acceptors (Lipinski definition) is 11. The van der Waals surface area contributed by atoms with Gasteiger partial charge in [0, 0.05) is 42.0 Å². The smallest absolute Gasteiger partial charge is 0.246 e. The number of fused-ring (bicyclic) bond motifs is 3. The van der Waals surface area contributed by atoms with E-state index < -0.39 is 23.4 Å². The summed E-state index contributed by atoms with van der Waals surface area (Å²) in [5.41, 5.74) is 8.73. The maximum Gasteiger partial charge on any atom is 0.246 e. The molecular formula is C50H54BClN10O4S2. The lowest BCUT2D eigenvalue weighted by molar-refractivity contribution is -0.144. The molecule has 2 N–H and O–H groups in total. The first-order valence-electron chi connectivity index (χ1n) is 22.6. The van der Waals surface area contributed by atoms with Crippen LogP contribution in [0.25, 0.3) is 15.4 Å². The molecule has 4 aromatic heterocycles. The van der Waals surface area contributed by atoms with Gasteiger partial charge in [0.25, 0.3) is 0 Å². The topological polar surface area (TPSA) is 162 Å². The molecule has 1 saturated heterocycles. The lowest BCUT2D eigenvalue weighted by Gasteiger charge is -2.35. The molecule has 8 rings (SSSR count). The first kappa shape index (κ1) is 48.5. The Bertz CT molecular complexity index is 2920. The Balaban J connectivity index is 0.841. The van der Waals surface area contributed by atoms with E-state index in [1.807, 2.05) is 109 Å². The molecule has 350 valence electrons. The van der Waals surface area contributed by atoms with Gasteiger partial charge in [-0.3, -0.25) is 28.6 Å². The Kier molecular flexibility index (Phi) is 14.5. The summed E-state index contributed by atoms with van der Waals surface area (Å²) < 4.78 is 9.65. The highest BCUT2D eigenvalue weighted by atomic mass is 35.5. The lowest BCUT2D eigenvalue weighted by Crippen LogP contribution is -2.58. The van der Waals surface area contributed by atoms with E-state index in [2.05, 4.69) is 54.2 Å². The number of aliphatic imine (C=N–C) groups is 1. The number of thiophene rings is 1. The molecule has 18 heteroatoms. The van der Waals surface area contributed by atoms with Crippen LogP contribution in [0.5, 0.6) is 0 Å². The van der Waals surface area contributed by atoms with Gasteiger partial charge in [0.15, 0.2) is 5.82 Å². The molecule has 1 fully saturated rings. The molecule has 6 aromatic rings. The number of aryl methyl sites for hydroxylation is 3. The molecule has 2 aliphatic heterocycles. The summed E-state index contributed by atoms with van der Waals surface area (Å²) in [5, 5.41) is 21.0. The van der Waals surface area contributed by atoms with Crippen molar-refractivity contribution in [2.75, 3.05) is 19.8 Å². The first-order chi connectivity index (χ1) is 32.5.